The van der Waals surface area contributed by atoms with Gasteiger partial charge in [-0.25, -0.2) is 4.98 Å². The van der Waals surface area contributed by atoms with Crippen molar-refractivity contribution in [3.8, 4) is 0 Å². The molecular weight excluding hydrogens is 390 g/mol. The van der Waals surface area contributed by atoms with Crippen LogP contribution in [0.5, 0.6) is 0 Å². The second-order valence-corrected chi connectivity index (χ2v) is 7.79. The van der Waals surface area contributed by atoms with Gasteiger partial charge in [-0.05, 0) is 36.2 Å². The van der Waals surface area contributed by atoms with E-state index in [4.69, 9.17) is 4.42 Å². The molecule has 5 nitrogen and oxygen atoms in total. The van der Waals surface area contributed by atoms with Gasteiger partial charge < -0.3 is 9.32 Å². The van der Waals surface area contributed by atoms with Crippen molar-refractivity contribution < 1.29 is 9.21 Å². The van der Waals surface area contributed by atoms with Crippen LogP contribution in [0.2, 0.25) is 0 Å². The summed E-state index contributed by atoms with van der Waals surface area (Å²) in [5, 5.41) is 3.33. The lowest BCUT2D eigenvalue weighted by Crippen LogP contribution is -2.48. The standard InChI is InChI=1S/C17H22BrN3O2S/c1-4-14-19-13(10-24-14)9-20-5-7-21(8-6-20)17(22)15-11(2)23-12(3)16(15)18/h10H,4-9H2,1-3H3. The molecule has 24 heavy (non-hydrogen) atoms. The van der Waals surface area contributed by atoms with Crippen LogP contribution in [0.25, 0.3) is 0 Å². The minimum absolute atomic E-state index is 0.0535. The van der Waals surface area contributed by atoms with Gasteiger partial charge in [-0.1, -0.05) is 6.92 Å². The first-order chi connectivity index (χ1) is 11.5. The summed E-state index contributed by atoms with van der Waals surface area (Å²) in [5.74, 6) is 1.49. The highest BCUT2D eigenvalue weighted by Crippen LogP contribution is 2.28. The highest BCUT2D eigenvalue weighted by atomic mass is 79.9. The lowest BCUT2D eigenvalue weighted by molar-refractivity contribution is 0.0625. The molecule has 1 fully saturated rings. The number of piperazine rings is 1. The van der Waals surface area contributed by atoms with Crippen LogP contribution in [-0.4, -0.2) is 46.9 Å². The average molecular weight is 412 g/mol. The Balaban J connectivity index is 1.59. The second-order valence-electron chi connectivity index (χ2n) is 6.06. The van der Waals surface area contributed by atoms with Crippen LogP contribution in [-0.2, 0) is 13.0 Å². The lowest BCUT2D eigenvalue weighted by Gasteiger charge is -2.34. The monoisotopic (exact) mass is 411 g/mol. The maximum atomic E-state index is 12.8. The van der Waals surface area contributed by atoms with Crippen LogP contribution < -0.4 is 0 Å². The molecule has 1 aliphatic heterocycles. The number of carbonyl (C=O) groups excluding carboxylic acids is 1. The third kappa shape index (κ3) is 3.58. The molecular formula is C17H22BrN3O2S. The smallest absolute Gasteiger partial charge is 0.258 e. The number of hydrogen-bond donors (Lipinski definition) is 0. The Hall–Kier alpha value is -1.18. The lowest BCUT2D eigenvalue weighted by atomic mass is 10.2. The third-order valence-corrected chi connectivity index (χ3v) is 6.34. The molecule has 0 radical (unpaired) electrons. The second kappa shape index (κ2) is 7.37. The first-order valence-electron chi connectivity index (χ1n) is 8.20. The average Bonchev–Trinajstić information content (AvgIpc) is 3.12. The Kier molecular flexibility index (Phi) is 5.42. The van der Waals surface area contributed by atoms with Gasteiger partial charge in [-0.3, -0.25) is 9.69 Å². The predicted molar refractivity (Wildman–Crippen MR) is 98.6 cm³/mol. The van der Waals surface area contributed by atoms with Crippen LogP contribution >= 0.6 is 27.3 Å². The SMILES string of the molecule is CCc1nc(CN2CCN(C(=O)c3c(C)oc(C)c3Br)CC2)cs1. The summed E-state index contributed by atoms with van der Waals surface area (Å²) in [7, 11) is 0. The number of thiazole rings is 1. The summed E-state index contributed by atoms with van der Waals surface area (Å²) in [6.07, 6.45) is 0.991. The molecule has 0 spiro atoms. The maximum absolute atomic E-state index is 12.8. The van der Waals surface area contributed by atoms with E-state index >= 15 is 0 Å². The maximum Gasteiger partial charge on any atom is 0.258 e. The summed E-state index contributed by atoms with van der Waals surface area (Å²) >= 11 is 5.20. The highest BCUT2D eigenvalue weighted by Gasteiger charge is 2.27. The molecule has 0 aromatic carbocycles. The van der Waals surface area contributed by atoms with E-state index in [1.165, 1.54) is 5.01 Å². The zero-order valence-electron chi connectivity index (χ0n) is 14.3. The molecule has 0 saturated carbocycles. The first-order valence-corrected chi connectivity index (χ1v) is 9.87. The fourth-order valence-corrected chi connectivity index (χ4v) is 4.25. The van der Waals surface area contributed by atoms with Crippen molar-refractivity contribution in [2.45, 2.75) is 33.7 Å². The minimum atomic E-state index is 0.0535. The van der Waals surface area contributed by atoms with Gasteiger partial charge in [0.05, 0.1) is 20.7 Å². The van der Waals surface area contributed by atoms with E-state index in [9.17, 15) is 4.79 Å². The number of furan rings is 1. The Labute approximate surface area is 154 Å². The number of amides is 1. The molecule has 1 saturated heterocycles. The van der Waals surface area contributed by atoms with Gasteiger partial charge in [0.15, 0.2) is 0 Å². The molecule has 130 valence electrons. The van der Waals surface area contributed by atoms with Crippen LogP contribution in [0.4, 0.5) is 0 Å². The largest absolute Gasteiger partial charge is 0.465 e. The molecule has 0 bridgehead atoms. The third-order valence-electron chi connectivity index (χ3n) is 4.35. The Morgan fingerprint density at radius 1 is 1.29 bits per heavy atom. The zero-order valence-corrected chi connectivity index (χ0v) is 16.7. The summed E-state index contributed by atoms with van der Waals surface area (Å²) in [6.45, 7) is 9.92. The predicted octanol–water partition coefficient (Wildman–Crippen LogP) is 3.64. The van der Waals surface area contributed by atoms with Crippen molar-refractivity contribution in [3.63, 3.8) is 0 Å². The summed E-state index contributed by atoms with van der Waals surface area (Å²) in [5.41, 5.74) is 1.80. The Morgan fingerprint density at radius 3 is 2.54 bits per heavy atom. The van der Waals surface area contributed by atoms with Gasteiger partial charge in [-0.15, -0.1) is 11.3 Å². The molecule has 0 aliphatic carbocycles. The number of halogens is 1. The van der Waals surface area contributed by atoms with Gasteiger partial charge in [-0.2, -0.15) is 0 Å². The van der Waals surface area contributed by atoms with E-state index in [-0.39, 0.29) is 5.91 Å². The first kappa shape index (κ1) is 17.6. The molecule has 7 heteroatoms. The number of carbonyl (C=O) groups is 1. The van der Waals surface area contributed by atoms with E-state index in [1.54, 1.807) is 11.3 Å². The van der Waals surface area contributed by atoms with Gasteiger partial charge in [0.1, 0.15) is 11.5 Å². The van der Waals surface area contributed by atoms with Gasteiger partial charge >= 0.3 is 0 Å². The molecule has 3 heterocycles. The molecule has 3 rings (SSSR count). The molecule has 0 N–H and O–H groups in total. The number of aromatic nitrogens is 1. The van der Waals surface area contributed by atoms with Crippen molar-refractivity contribution in [1.29, 1.82) is 0 Å². The highest BCUT2D eigenvalue weighted by molar-refractivity contribution is 9.10. The van der Waals surface area contributed by atoms with E-state index in [0.717, 1.165) is 55.1 Å². The Morgan fingerprint density at radius 2 is 2.00 bits per heavy atom. The summed E-state index contributed by atoms with van der Waals surface area (Å²) < 4.78 is 6.34. The molecule has 0 unspecified atom stereocenters. The number of aryl methyl sites for hydroxylation is 3. The van der Waals surface area contributed by atoms with E-state index in [1.807, 2.05) is 18.7 Å². The van der Waals surface area contributed by atoms with E-state index in [2.05, 4.69) is 38.1 Å². The van der Waals surface area contributed by atoms with Gasteiger partial charge in [0.25, 0.3) is 5.91 Å². The topological polar surface area (TPSA) is 49.6 Å². The molecule has 1 amide bonds. The van der Waals surface area contributed by atoms with Crippen molar-refractivity contribution in [3.05, 3.63) is 37.6 Å². The van der Waals surface area contributed by atoms with Crippen LogP contribution in [0.15, 0.2) is 14.3 Å². The van der Waals surface area contributed by atoms with Crippen LogP contribution in [0, 0.1) is 13.8 Å². The minimum Gasteiger partial charge on any atom is -0.465 e. The van der Waals surface area contributed by atoms with Crippen LogP contribution in [0.1, 0.15) is 39.5 Å². The zero-order chi connectivity index (χ0) is 17.3. The van der Waals surface area contributed by atoms with Crippen molar-refractivity contribution in [1.82, 2.24) is 14.8 Å². The van der Waals surface area contributed by atoms with E-state index in [0.29, 0.717) is 11.3 Å². The molecule has 0 atom stereocenters. The van der Waals surface area contributed by atoms with Crippen molar-refractivity contribution >= 4 is 33.2 Å². The fraction of sp³-hybridized carbons (Fsp3) is 0.529. The molecule has 2 aromatic heterocycles. The summed E-state index contributed by atoms with van der Waals surface area (Å²) in [6, 6.07) is 0. The van der Waals surface area contributed by atoms with Gasteiger partial charge in [0, 0.05) is 38.1 Å². The normalized spacial score (nSPS) is 15.9. The Bertz CT molecular complexity index is 732. The van der Waals surface area contributed by atoms with E-state index < -0.39 is 0 Å². The molecule has 1 aliphatic rings. The number of rotatable bonds is 4. The number of nitrogens with zero attached hydrogens (tertiary/aromatic N) is 3. The number of hydrogen-bond acceptors (Lipinski definition) is 5. The van der Waals surface area contributed by atoms with Crippen molar-refractivity contribution in [2.75, 3.05) is 26.2 Å². The molecule has 2 aromatic rings. The fourth-order valence-electron chi connectivity index (χ4n) is 2.98. The summed E-state index contributed by atoms with van der Waals surface area (Å²) in [4.78, 5) is 21.7. The van der Waals surface area contributed by atoms with Crippen LogP contribution in [0.3, 0.4) is 0 Å². The quantitative estimate of drug-likeness (QED) is 0.770. The van der Waals surface area contributed by atoms with Gasteiger partial charge in [0.2, 0.25) is 0 Å². The van der Waals surface area contributed by atoms with Crippen molar-refractivity contribution in [2.24, 2.45) is 0 Å².